The minimum Gasteiger partial charge on any atom is -0.494 e. The minimum absolute atomic E-state index is 0.283. The van der Waals surface area contributed by atoms with Gasteiger partial charge < -0.3 is 20.7 Å². The van der Waals surface area contributed by atoms with E-state index in [0.717, 1.165) is 18.8 Å². The molecule has 1 fully saturated rings. The molecule has 1 amide bonds. The summed E-state index contributed by atoms with van der Waals surface area (Å²) >= 11 is 12.2. The first-order chi connectivity index (χ1) is 12.5. The van der Waals surface area contributed by atoms with E-state index in [9.17, 15) is 4.79 Å². The highest BCUT2D eigenvalue weighted by Crippen LogP contribution is 2.34. The van der Waals surface area contributed by atoms with Crippen LogP contribution in [0.15, 0.2) is 30.3 Å². The van der Waals surface area contributed by atoms with Crippen molar-refractivity contribution < 1.29 is 9.53 Å². The molecule has 3 N–H and O–H groups in total. The zero-order valence-electron chi connectivity index (χ0n) is 14.5. The molecule has 26 heavy (non-hydrogen) atoms. The van der Waals surface area contributed by atoms with Crippen molar-refractivity contribution in [1.29, 1.82) is 0 Å². The number of amides is 1. The molecule has 2 aromatic carbocycles. The lowest BCUT2D eigenvalue weighted by Crippen LogP contribution is -2.30. The van der Waals surface area contributed by atoms with Gasteiger partial charge in [0, 0.05) is 24.3 Å². The number of nitrogens with zero attached hydrogens (tertiary/aromatic N) is 1. The van der Waals surface area contributed by atoms with E-state index in [4.69, 9.17) is 33.7 Å². The fraction of sp³-hybridized carbons (Fsp3) is 0.316. The Hall–Kier alpha value is -2.11. The summed E-state index contributed by atoms with van der Waals surface area (Å²) in [4.78, 5) is 14.8. The van der Waals surface area contributed by atoms with Gasteiger partial charge in [-0.3, -0.25) is 4.79 Å². The molecule has 0 bridgehead atoms. The maximum absolute atomic E-state index is 12.5. The Morgan fingerprint density at radius 2 is 1.77 bits per heavy atom. The molecule has 2 aromatic rings. The van der Waals surface area contributed by atoms with Crippen LogP contribution in [0, 0.1) is 0 Å². The van der Waals surface area contributed by atoms with E-state index < -0.39 is 0 Å². The number of benzene rings is 2. The number of methoxy groups -OCH3 is 1. The lowest BCUT2D eigenvalue weighted by Gasteiger charge is -2.30. The van der Waals surface area contributed by atoms with Crippen molar-refractivity contribution in [3.63, 3.8) is 0 Å². The van der Waals surface area contributed by atoms with Gasteiger partial charge >= 0.3 is 0 Å². The van der Waals surface area contributed by atoms with Crippen LogP contribution >= 0.6 is 23.2 Å². The Labute approximate surface area is 163 Å². The number of piperidine rings is 1. The molecule has 1 saturated heterocycles. The maximum atomic E-state index is 12.5. The molecule has 7 heteroatoms. The Bertz CT molecular complexity index is 797. The monoisotopic (exact) mass is 393 g/mol. The number of anilines is 3. The lowest BCUT2D eigenvalue weighted by molar-refractivity contribution is 0.102. The van der Waals surface area contributed by atoms with Gasteiger partial charge in [-0.15, -0.1) is 0 Å². The van der Waals surface area contributed by atoms with Gasteiger partial charge in [0.15, 0.2) is 5.75 Å². The third kappa shape index (κ3) is 4.00. The molecule has 0 aliphatic carbocycles. The zero-order valence-corrected chi connectivity index (χ0v) is 16.0. The summed E-state index contributed by atoms with van der Waals surface area (Å²) in [5.41, 5.74) is 8.83. The van der Waals surface area contributed by atoms with E-state index in [1.165, 1.54) is 38.5 Å². The van der Waals surface area contributed by atoms with Crippen molar-refractivity contribution in [2.45, 2.75) is 19.3 Å². The Kier molecular flexibility index (Phi) is 5.79. The molecule has 3 rings (SSSR count). The van der Waals surface area contributed by atoms with Crippen LogP contribution in [0.3, 0.4) is 0 Å². The van der Waals surface area contributed by atoms with E-state index in [1.54, 1.807) is 6.07 Å². The van der Waals surface area contributed by atoms with Crippen molar-refractivity contribution >= 4 is 46.2 Å². The Morgan fingerprint density at radius 3 is 2.35 bits per heavy atom. The van der Waals surface area contributed by atoms with Gasteiger partial charge in [0.1, 0.15) is 0 Å². The smallest absolute Gasteiger partial charge is 0.255 e. The summed E-state index contributed by atoms with van der Waals surface area (Å²) in [5.74, 6) is 0.0292. The second-order valence-electron chi connectivity index (χ2n) is 6.25. The van der Waals surface area contributed by atoms with E-state index in [-0.39, 0.29) is 16.0 Å². The standard InChI is InChI=1S/C19H21Cl2N3O2/c1-26-18-14(20)9-12(10-15(18)21)19(25)23-13-5-6-17(16(22)11-13)24-7-3-2-4-8-24/h5-6,9-11H,2-4,7-8,22H2,1H3,(H,23,25). The average Bonchev–Trinajstić information content (AvgIpc) is 2.62. The van der Waals surface area contributed by atoms with Gasteiger partial charge in [0.2, 0.25) is 0 Å². The second kappa shape index (κ2) is 8.06. The van der Waals surface area contributed by atoms with Crippen LogP contribution in [0.4, 0.5) is 17.1 Å². The summed E-state index contributed by atoms with van der Waals surface area (Å²) < 4.78 is 5.10. The van der Waals surface area contributed by atoms with Crippen molar-refractivity contribution in [2.24, 2.45) is 0 Å². The number of halogens is 2. The number of carbonyl (C=O) groups excluding carboxylic acids is 1. The van der Waals surface area contributed by atoms with Crippen LogP contribution in [0.2, 0.25) is 10.0 Å². The van der Waals surface area contributed by atoms with Gasteiger partial charge in [-0.05, 0) is 49.6 Å². The Morgan fingerprint density at radius 1 is 1.12 bits per heavy atom. The normalized spacial score (nSPS) is 14.2. The highest BCUT2D eigenvalue weighted by molar-refractivity contribution is 6.37. The predicted molar refractivity (Wildman–Crippen MR) is 108 cm³/mol. The molecule has 1 aliphatic heterocycles. The highest BCUT2D eigenvalue weighted by Gasteiger charge is 2.16. The van der Waals surface area contributed by atoms with Crippen molar-refractivity contribution in [3.05, 3.63) is 45.9 Å². The molecule has 5 nitrogen and oxygen atoms in total. The SMILES string of the molecule is COc1c(Cl)cc(C(=O)Nc2ccc(N3CCCCC3)c(N)c2)cc1Cl. The summed E-state index contributed by atoms with van der Waals surface area (Å²) in [5, 5.41) is 3.39. The van der Waals surface area contributed by atoms with Crippen LogP contribution in [0.25, 0.3) is 0 Å². The zero-order chi connectivity index (χ0) is 18.7. The largest absolute Gasteiger partial charge is 0.494 e. The van der Waals surface area contributed by atoms with E-state index in [0.29, 0.717) is 22.7 Å². The molecule has 0 unspecified atom stereocenters. The van der Waals surface area contributed by atoms with Crippen LogP contribution in [-0.2, 0) is 0 Å². The van der Waals surface area contributed by atoms with Crippen LogP contribution in [0.5, 0.6) is 5.75 Å². The number of hydrogen-bond donors (Lipinski definition) is 2. The summed E-state index contributed by atoms with van der Waals surface area (Å²) in [6, 6.07) is 8.61. The first-order valence-corrected chi connectivity index (χ1v) is 9.24. The van der Waals surface area contributed by atoms with Crippen LogP contribution < -0.4 is 20.7 Å². The molecule has 0 spiro atoms. The van der Waals surface area contributed by atoms with Gasteiger partial charge in [0.05, 0.1) is 28.5 Å². The number of nitrogens with two attached hydrogens (primary N) is 1. The lowest BCUT2D eigenvalue weighted by atomic mass is 10.1. The molecule has 0 aromatic heterocycles. The van der Waals surface area contributed by atoms with E-state index in [2.05, 4.69) is 10.2 Å². The van der Waals surface area contributed by atoms with Crippen molar-refractivity contribution in [2.75, 3.05) is 36.1 Å². The topological polar surface area (TPSA) is 67.6 Å². The minimum atomic E-state index is -0.318. The third-order valence-electron chi connectivity index (χ3n) is 4.45. The third-order valence-corrected chi connectivity index (χ3v) is 5.01. The van der Waals surface area contributed by atoms with Crippen molar-refractivity contribution in [1.82, 2.24) is 0 Å². The first-order valence-electron chi connectivity index (χ1n) is 8.48. The summed E-state index contributed by atoms with van der Waals surface area (Å²) in [6.07, 6.45) is 3.62. The molecule has 1 heterocycles. The van der Waals surface area contributed by atoms with Crippen LogP contribution in [-0.4, -0.2) is 26.1 Å². The second-order valence-corrected chi connectivity index (χ2v) is 7.06. The molecule has 0 atom stereocenters. The van der Waals surface area contributed by atoms with Gasteiger partial charge in [-0.1, -0.05) is 23.2 Å². The Balaban J connectivity index is 1.76. The molecule has 138 valence electrons. The number of carbonyl (C=O) groups is 1. The van der Waals surface area contributed by atoms with Crippen molar-refractivity contribution in [3.8, 4) is 5.75 Å². The van der Waals surface area contributed by atoms with Crippen LogP contribution in [0.1, 0.15) is 29.6 Å². The molecule has 0 saturated carbocycles. The number of rotatable bonds is 4. The van der Waals surface area contributed by atoms with E-state index >= 15 is 0 Å². The summed E-state index contributed by atoms with van der Waals surface area (Å²) in [6.45, 7) is 2.03. The molecule has 1 aliphatic rings. The van der Waals surface area contributed by atoms with E-state index in [1.807, 2.05) is 12.1 Å². The number of ether oxygens (including phenoxy) is 1. The fourth-order valence-corrected chi connectivity index (χ4v) is 3.79. The molecular formula is C19H21Cl2N3O2. The summed E-state index contributed by atoms with van der Waals surface area (Å²) in [7, 11) is 1.47. The molecule has 0 radical (unpaired) electrons. The first kappa shape index (κ1) is 18.7. The van der Waals surface area contributed by atoms with Gasteiger partial charge in [-0.2, -0.15) is 0 Å². The average molecular weight is 394 g/mol. The fourth-order valence-electron chi connectivity index (χ4n) is 3.14. The maximum Gasteiger partial charge on any atom is 0.255 e. The number of nitrogen functional groups attached to an aromatic ring is 1. The quantitative estimate of drug-likeness (QED) is 0.730. The number of hydrogen-bond acceptors (Lipinski definition) is 4. The predicted octanol–water partition coefficient (Wildman–Crippen LogP) is 4.83. The van der Waals surface area contributed by atoms with Gasteiger partial charge in [0.25, 0.3) is 5.91 Å². The molecular weight excluding hydrogens is 373 g/mol. The highest BCUT2D eigenvalue weighted by atomic mass is 35.5. The van der Waals surface area contributed by atoms with Gasteiger partial charge in [-0.25, -0.2) is 0 Å². The number of nitrogens with one attached hydrogen (secondary N) is 1.